The van der Waals surface area contributed by atoms with Gasteiger partial charge >= 0.3 is 0 Å². The molecule has 0 aliphatic rings. The van der Waals surface area contributed by atoms with E-state index in [-0.39, 0.29) is 11.3 Å². The van der Waals surface area contributed by atoms with E-state index in [0.717, 1.165) is 23.3 Å². The monoisotopic (exact) mass is 463 g/mol. The second-order valence-corrected chi connectivity index (χ2v) is 7.98. The van der Waals surface area contributed by atoms with Crippen molar-refractivity contribution < 1.29 is 13.6 Å². The SMILES string of the molecule is Cc1ccc(C(NC(C)Nc2ccc(F)c(F)c2)c2c(ONc3ccccc3)c(=O)c2=O)cc1. The van der Waals surface area contributed by atoms with Gasteiger partial charge in [-0.1, -0.05) is 48.0 Å². The molecule has 0 amide bonds. The third-order valence-electron chi connectivity index (χ3n) is 5.37. The molecule has 3 N–H and O–H groups in total. The van der Waals surface area contributed by atoms with Gasteiger partial charge in [0.2, 0.25) is 11.2 Å². The summed E-state index contributed by atoms with van der Waals surface area (Å²) in [5.74, 6) is -2.00. The molecule has 8 heteroatoms. The molecule has 4 rings (SSSR count). The highest BCUT2D eigenvalue weighted by atomic mass is 19.2. The number of hydrogen-bond donors (Lipinski definition) is 3. The van der Waals surface area contributed by atoms with Gasteiger partial charge in [0, 0.05) is 11.8 Å². The highest BCUT2D eigenvalue weighted by Crippen LogP contribution is 2.28. The maximum atomic E-state index is 13.6. The minimum atomic E-state index is -0.975. The fraction of sp³-hybridized carbons (Fsp3) is 0.154. The van der Waals surface area contributed by atoms with Crippen molar-refractivity contribution >= 4 is 11.4 Å². The van der Waals surface area contributed by atoms with Crippen LogP contribution < -0.4 is 31.8 Å². The second-order valence-electron chi connectivity index (χ2n) is 7.98. The fourth-order valence-electron chi connectivity index (χ4n) is 3.60. The summed E-state index contributed by atoms with van der Waals surface area (Å²) in [7, 11) is 0. The third-order valence-corrected chi connectivity index (χ3v) is 5.37. The molecule has 0 aliphatic carbocycles. The van der Waals surface area contributed by atoms with Gasteiger partial charge in [0.05, 0.1) is 23.5 Å². The van der Waals surface area contributed by atoms with Crippen LogP contribution in [0.1, 0.15) is 29.7 Å². The zero-order chi connectivity index (χ0) is 24.2. The summed E-state index contributed by atoms with van der Waals surface area (Å²) in [6.45, 7) is 3.70. The highest BCUT2D eigenvalue weighted by Gasteiger charge is 2.32. The van der Waals surface area contributed by atoms with Crippen molar-refractivity contribution in [2.45, 2.75) is 26.1 Å². The lowest BCUT2D eigenvalue weighted by Gasteiger charge is -2.27. The third kappa shape index (κ3) is 4.97. The average molecular weight is 463 g/mol. The number of aryl methyl sites for hydroxylation is 1. The molecule has 0 heterocycles. The van der Waals surface area contributed by atoms with E-state index in [0.29, 0.717) is 11.4 Å². The first-order valence-electron chi connectivity index (χ1n) is 10.7. The summed E-state index contributed by atoms with van der Waals surface area (Å²) in [4.78, 5) is 30.5. The quantitative estimate of drug-likeness (QED) is 0.194. The van der Waals surface area contributed by atoms with E-state index < -0.39 is 34.7 Å². The van der Waals surface area contributed by atoms with Gasteiger partial charge < -0.3 is 10.2 Å². The summed E-state index contributed by atoms with van der Waals surface area (Å²) >= 11 is 0. The smallest absolute Gasteiger partial charge is 0.271 e. The molecular weight excluding hydrogens is 440 g/mol. The number of nitrogens with one attached hydrogen (secondary N) is 3. The molecule has 0 saturated heterocycles. The Labute approximate surface area is 194 Å². The zero-order valence-corrected chi connectivity index (χ0v) is 18.6. The van der Waals surface area contributed by atoms with Gasteiger partial charge in [0.1, 0.15) is 0 Å². The van der Waals surface area contributed by atoms with Crippen LogP contribution in [0.3, 0.4) is 0 Å². The van der Waals surface area contributed by atoms with E-state index >= 15 is 0 Å². The number of rotatable bonds is 9. The topological polar surface area (TPSA) is 79.5 Å². The molecule has 0 bridgehead atoms. The number of para-hydroxylation sites is 1. The fourth-order valence-corrected chi connectivity index (χ4v) is 3.60. The molecule has 6 nitrogen and oxygen atoms in total. The van der Waals surface area contributed by atoms with Gasteiger partial charge in [-0.3, -0.25) is 14.9 Å². The Kier molecular flexibility index (Phi) is 6.70. The van der Waals surface area contributed by atoms with Gasteiger partial charge in [-0.15, -0.1) is 0 Å². The normalized spacial score (nSPS) is 12.8. The summed E-state index contributed by atoms with van der Waals surface area (Å²) in [5, 5.41) is 6.28. The van der Waals surface area contributed by atoms with Crippen molar-refractivity contribution in [3.05, 3.63) is 122 Å². The van der Waals surface area contributed by atoms with Gasteiger partial charge in [-0.05, 0) is 43.7 Å². The van der Waals surface area contributed by atoms with Crippen molar-refractivity contribution in [2.24, 2.45) is 0 Å². The van der Waals surface area contributed by atoms with Crippen LogP contribution in [0.5, 0.6) is 5.75 Å². The lowest BCUT2D eigenvalue weighted by molar-refractivity contribution is 0.381. The summed E-state index contributed by atoms with van der Waals surface area (Å²) in [5.41, 5.74) is 4.24. The highest BCUT2D eigenvalue weighted by molar-refractivity contribution is 5.49. The van der Waals surface area contributed by atoms with Crippen LogP contribution in [0, 0.1) is 18.6 Å². The molecule has 0 spiro atoms. The van der Waals surface area contributed by atoms with Gasteiger partial charge in [0.15, 0.2) is 11.6 Å². The molecule has 2 atom stereocenters. The van der Waals surface area contributed by atoms with Crippen LogP contribution >= 0.6 is 0 Å². The number of hydrogen-bond acceptors (Lipinski definition) is 6. The molecule has 4 aromatic carbocycles. The Morgan fingerprint density at radius 2 is 1.53 bits per heavy atom. The van der Waals surface area contributed by atoms with Crippen molar-refractivity contribution in [2.75, 3.05) is 10.8 Å². The summed E-state index contributed by atoms with van der Waals surface area (Å²) in [6, 6.07) is 19.2. The maximum absolute atomic E-state index is 13.6. The minimum Gasteiger partial charge on any atom is -0.377 e. The van der Waals surface area contributed by atoms with E-state index in [1.54, 1.807) is 31.2 Å². The van der Waals surface area contributed by atoms with E-state index in [1.807, 2.05) is 37.3 Å². The average Bonchev–Trinajstić information content (AvgIpc) is 2.83. The Morgan fingerprint density at radius 1 is 0.824 bits per heavy atom. The molecule has 4 aromatic rings. The maximum Gasteiger partial charge on any atom is 0.271 e. The first-order chi connectivity index (χ1) is 16.3. The van der Waals surface area contributed by atoms with Crippen LogP contribution in [0.2, 0.25) is 0 Å². The van der Waals surface area contributed by atoms with E-state index in [1.165, 1.54) is 6.07 Å². The van der Waals surface area contributed by atoms with Gasteiger partial charge in [-0.2, -0.15) is 0 Å². The second kappa shape index (κ2) is 9.84. The summed E-state index contributed by atoms with van der Waals surface area (Å²) in [6.07, 6.45) is -0.490. The van der Waals surface area contributed by atoms with Crippen LogP contribution in [0.4, 0.5) is 20.2 Å². The Morgan fingerprint density at radius 3 is 2.21 bits per heavy atom. The number of benzene rings is 3. The predicted octanol–water partition coefficient (Wildman–Crippen LogP) is 4.41. The molecule has 0 aliphatic heterocycles. The lowest BCUT2D eigenvalue weighted by Crippen LogP contribution is -2.45. The Balaban J connectivity index is 1.61. The van der Waals surface area contributed by atoms with E-state index in [2.05, 4.69) is 16.1 Å². The van der Waals surface area contributed by atoms with Crippen molar-refractivity contribution in [3.63, 3.8) is 0 Å². The standard InChI is InChI=1S/C26H23F2N3O3/c1-15-8-10-17(11-9-15)23(30-16(2)29-19-12-13-20(27)21(28)14-19)22-24(32)25(33)26(22)34-31-18-6-4-3-5-7-18/h3-14,16,23,29-31H,1-2H3. The van der Waals surface area contributed by atoms with Crippen molar-refractivity contribution in [3.8, 4) is 5.75 Å². The van der Waals surface area contributed by atoms with E-state index in [9.17, 15) is 18.4 Å². The Bertz CT molecular complexity index is 1350. The number of halogens is 2. The van der Waals surface area contributed by atoms with Crippen molar-refractivity contribution in [1.82, 2.24) is 5.32 Å². The molecule has 2 unspecified atom stereocenters. The van der Waals surface area contributed by atoms with Crippen LogP contribution in [0.15, 0.2) is 82.4 Å². The van der Waals surface area contributed by atoms with E-state index in [4.69, 9.17) is 4.84 Å². The van der Waals surface area contributed by atoms with Gasteiger partial charge in [0.25, 0.3) is 5.43 Å². The van der Waals surface area contributed by atoms with Crippen molar-refractivity contribution in [1.29, 1.82) is 0 Å². The molecule has 34 heavy (non-hydrogen) atoms. The molecular formula is C26H23F2N3O3. The Hall–Kier alpha value is -4.04. The van der Waals surface area contributed by atoms with Crippen LogP contribution in [-0.4, -0.2) is 6.17 Å². The lowest BCUT2D eigenvalue weighted by atomic mass is 9.93. The summed E-state index contributed by atoms with van der Waals surface area (Å²) < 4.78 is 26.9. The molecule has 174 valence electrons. The molecule has 0 aromatic heterocycles. The number of anilines is 2. The van der Waals surface area contributed by atoms with Gasteiger partial charge in [-0.25, -0.2) is 14.3 Å². The molecule has 0 radical (unpaired) electrons. The zero-order valence-electron chi connectivity index (χ0n) is 18.6. The van der Waals surface area contributed by atoms with Crippen LogP contribution in [-0.2, 0) is 0 Å². The molecule has 0 fully saturated rings. The molecule has 0 saturated carbocycles. The first kappa shape index (κ1) is 23.1. The van der Waals surface area contributed by atoms with Crippen LogP contribution in [0.25, 0.3) is 0 Å². The minimum absolute atomic E-state index is 0.0769. The largest absolute Gasteiger partial charge is 0.377 e. The first-order valence-corrected chi connectivity index (χ1v) is 10.7. The predicted molar refractivity (Wildman–Crippen MR) is 128 cm³/mol.